The van der Waals surface area contributed by atoms with Crippen LogP contribution in [0.1, 0.15) is 291 Å². The lowest BCUT2D eigenvalue weighted by atomic mass is 10.0. The van der Waals surface area contributed by atoms with Crippen LogP contribution < -0.4 is 0 Å². The van der Waals surface area contributed by atoms with Crippen LogP contribution in [0.5, 0.6) is 0 Å². The minimum absolute atomic E-state index is 0.0408. The van der Waals surface area contributed by atoms with Crippen molar-refractivity contribution in [1.82, 2.24) is 4.90 Å². The van der Waals surface area contributed by atoms with Gasteiger partial charge in [-0.05, 0) is 103 Å². The summed E-state index contributed by atoms with van der Waals surface area (Å²) in [7, 11) is 0. The van der Waals surface area contributed by atoms with Crippen LogP contribution in [-0.4, -0.2) is 54.0 Å². The molecule has 0 aromatic carbocycles. The van der Waals surface area contributed by atoms with Crippen LogP contribution in [0.25, 0.3) is 0 Å². The molecule has 0 fully saturated rings. The van der Waals surface area contributed by atoms with E-state index in [4.69, 9.17) is 9.47 Å². The zero-order valence-corrected chi connectivity index (χ0v) is 42.0. The number of carbonyl (C=O) groups excluding carboxylic acids is 2. The Morgan fingerprint density at radius 2 is 0.610 bits per heavy atom. The van der Waals surface area contributed by atoms with E-state index in [2.05, 4.69) is 48.5 Å². The molecule has 0 radical (unpaired) electrons. The highest BCUT2D eigenvalue weighted by atomic mass is 79.9. The van der Waals surface area contributed by atoms with Gasteiger partial charge in [-0.3, -0.25) is 9.59 Å². The van der Waals surface area contributed by atoms with Gasteiger partial charge >= 0.3 is 11.9 Å². The summed E-state index contributed by atoms with van der Waals surface area (Å²) in [5.41, 5.74) is 0. The standard InChI is InChI=1S/C53H104BrNO4/c1-5-9-13-17-23-31-40-50(41-32-24-18-14-10-6-2)58-52(56)44-35-27-21-29-37-47-55(49-39-46-54)48-38-30-22-28-36-45-53(57)59-51(42-33-25-19-15-11-7-3)43-34-26-20-16-12-8-4/h50-51H,5-49H2,1-4H3. The van der Waals surface area contributed by atoms with Gasteiger partial charge < -0.3 is 14.4 Å². The Morgan fingerprint density at radius 1 is 0.356 bits per heavy atom. The highest BCUT2D eigenvalue weighted by molar-refractivity contribution is 9.09. The summed E-state index contributed by atoms with van der Waals surface area (Å²) in [6.45, 7) is 12.6. The van der Waals surface area contributed by atoms with Crippen molar-refractivity contribution in [1.29, 1.82) is 0 Å². The number of unbranched alkanes of at least 4 members (excludes halogenated alkanes) is 28. The second-order valence-corrected chi connectivity index (χ2v) is 19.2. The van der Waals surface area contributed by atoms with E-state index >= 15 is 0 Å². The zero-order chi connectivity index (χ0) is 43.1. The maximum atomic E-state index is 12.8. The molecule has 0 N–H and O–H groups in total. The van der Waals surface area contributed by atoms with Gasteiger partial charge in [-0.15, -0.1) is 0 Å². The maximum Gasteiger partial charge on any atom is 0.306 e. The number of esters is 2. The molecule has 59 heavy (non-hydrogen) atoms. The molecular weight excluding hydrogens is 794 g/mol. The first-order valence-electron chi connectivity index (χ1n) is 26.7. The van der Waals surface area contributed by atoms with Gasteiger partial charge in [0.05, 0.1) is 0 Å². The van der Waals surface area contributed by atoms with Crippen molar-refractivity contribution < 1.29 is 19.1 Å². The normalized spacial score (nSPS) is 11.7. The number of halogens is 1. The van der Waals surface area contributed by atoms with Crippen molar-refractivity contribution in [3.63, 3.8) is 0 Å². The predicted molar refractivity (Wildman–Crippen MR) is 262 cm³/mol. The van der Waals surface area contributed by atoms with Crippen molar-refractivity contribution in [2.45, 2.75) is 303 Å². The fourth-order valence-electron chi connectivity index (χ4n) is 8.51. The van der Waals surface area contributed by atoms with E-state index in [-0.39, 0.29) is 24.1 Å². The molecule has 0 bridgehead atoms. The third kappa shape index (κ3) is 43.8. The van der Waals surface area contributed by atoms with Crippen molar-refractivity contribution >= 4 is 27.9 Å². The Bertz CT molecular complexity index is 759. The first-order chi connectivity index (χ1) is 29.0. The summed E-state index contributed by atoms with van der Waals surface area (Å²) in [6.07, 6.45) is 49.4. The monoisotopic (exact) mass is 898 g/mol. The lowest BCUT2D eigenvalue weighted by Crippen LogP contribution is -2.27. The number of ether oxygens (including phenoxy) is 2. The molecule has 6 heteroatoms. The third-order valence-corrected chi connectivity index (χ3v) is 13.0. The van der Waals surface area contributed by atoms with Crippen LogP contribution in [0, 0.1) is 0 Å². The number of hydrogen-bond donors (Lipinski definition) is 0. The SMILES string of the molecule is CCCCCCCCC(CCCCCCCC)OC(=O)CCCCCCCN(CCCBr)CCCCCCCC(=O)OC(CCCCCCCC)CCCCCCCC. The minimum atomic E-state index is 0.0408. The van der Waals surface area contributed by atoms with Crippen molar-refractivity contribution in [3.8, 4) is 0 Å². The molecule has 5 nitrogen and oxygen atoms in total. The molecule has 0 aliphatic rings. The maximum absolute atomic E-state index is 12.8. The Kier molecular flexibility index (Phi) is 47.9. The van der Waals surface area contributed by atoms with Gasteiger partial charge in [0.1, 0.15) is 12.2 Å². The number of carbonyl (C=O) groups is 2. The van der Waals surface area contributed by atoms with Crippen LogP contribution in [-0.2, 0) is 19.1 Å². The van der Waals surface area contributed by atoms with Crippen molar-refractivity contribution in [3.05, 3.63) is 0 Å². The summed E-state index contributed by atoms with van der Waals surface area (Å²) in [4.78, 5) is 28.3. The van der Waals surface area contributed by atoms with Crippen molar-refractivity contribution in [2.24, 2.45) is 0 Å². The second-order valence-electron chi connectivity index (χ2n) is 18.4. The van der Waals surface area contributed by atoms with Gasteiger partial charge in [0.2, 0.25) is 0 Å². The molecule has 0 unspecified atom stereocenters. The molecule has 0 atom stereocenters. The molecule has 0 amide bonds. The van der Waals surface area contributed by atoms with E-state index in [9.17, 15) is 9.59 Å². The minimum Gasteiger partial charge on any atom is -0.462 e. The summed E-state index contributed by atoms with van der Waals surface area (Å²) in [5, 5.41) is 1.06. The van der Waals surface area contributed by atoms with Gasteiger partial charge in [0.15, 0.2) is 0 Å². The number of alkyl halides is 1. The van der Waals surface area contributed by atoms with E-state index in [1.807, 2.05) is 0 Å². The average Bonchev–Trinajstić information content (AvgIpc) is 3.23. The summed E-state index contributed by atoms with van der Waals surface area (Å²) >= 11 is 3.64. The average molecular weight is 899 g/mol. The van der Waals surface area contributed by atoms with Gasteiger partial charge in [0.25, 0.3) is 0 Å². The molecule has 0 aromatic heterocycles. The first-order valence-corrected chi connectivity index (χ1v) is 27.8. The fourth-order valence-corrected chi connectivity index (χ4v) is 8.76. The lowest BCUT2D eigenvalue weighted by molar-refractivity contribution is -0.151. The quantitative estimate of drug-likeness (QED) is 0.0346. The van der Waals surface area contributed by atoms with E-state index in [0.717, 1.165) is 56.7 Å². The molecule has 352 valence electrons. The van der Waals surface area contributed by atoms with E-state index in [0.29, 0.717) is 12.8 Å². The molecule has 0 aliphatic heterocycles. The third-order valence-electron chi connectivity index (χ3n) is 12.4. The number of nitrogens with zero attached hydrogens (tertiary/aromatic N) is 1. The molecule has 0 saturated carbocycles. The van der Waals surface area contributed by atoms with Crippen LogP contribution >= 0.6 is 15.9 Å². The zero-order valence-electron chi connectivity index (χ0n) is 40.4. The number of rotatable bonds is 49. The highest BCUT2D eigenvalue weighted by Gasteiger charge is 2.16. The van der Waals surface area contributed by atoms with Crippen molar-refractivity contribution in [2.75, 3.05) is 25.0 Å². The molecule has 0 heterocycles. The van der Waals surface area contributed by atoms with Gasteiger partial charge in [-0.25, -0.2) is 0 Å². The molecule has 0 rings (SSSR count). The van der Waals surface area contributed by atoms with E-state index in [1.54, 1.807) is 0 Å². The van der Waals surface area contributed by atoms with Crippen LogP contribution in [0.3, 0.4) is 0 Å². The molecule has 0 spiro atoms. The van der Waals surface area contributed by atoms with E-state index in [1.165, 1.54) is 219 Å². The van der Waals surface area contributed by atoms with Gasteiger partial charge in [-0.1, -0.05) is 211 Å². The molecule has 0 saturated heterocycles. The van der Waals surface area contributed by atoms with Crippen LogP contribution in [0.2, 0.25) is 0 Å². The Labute approximate surface area is 378 Å². The first kappa shape index (κ1) is 58.4. The smallest absolute Gasteiger partial charge is 0.306 e. The van der Waals surface area contributed by atoms with E-state index < -0.39 is 0 Å². The van der Waals surface area contributed by atoms with Crippen LogP contribution in [0.15, 0.2) is 0 Å². The fraction of sp³-hybridized carbons (Fsp3) is 0.962. The van der Waals surface area contributed by atoms with Gasteiger partial charge in [0, 0.05) is 18.2 Å². The largest absolute Gasteiger partial charge is 0.462 e. The summed E-state index contributed by atoms with van der Waals surface area (Å²) < 4.78 is 12.1. The topological polar surface area (TPSA) is 55.8 Å². The predicted octanol–water partition coefficient (Wildman–Crippen LogP) is 17.6. The Hall–Kier alpha value is -0.620. The molecule has 0 aliphatic carbocycles. The molecule has 0 aromatic rings. The molecular formula is C53H104BrNO4. The van der Waals surface area contributed by atoms with Gasteiger partial charge in [-0.2, -0.15) is 0 Å². The second kappa shape index (κ2) is 48.4. The van der Waals surface area contributed by atoms with Crippen LogP contribution in [0.4, 0.5) is 0 Å². The summed E-state index contributed by atoms with van der Waals surface area (Å²) in [5.74, 6) is 0.0817. The number of hydrogen-bond acceptors (Lipinski definition) is 5. The highest BCUT2D eigenvalue weighted by Crippen LogP contribution is 2.20. The Morgan fingerprint density at radius 3 is 0.915 bits per heavy atom. The lowest BCUT2D eigenvalue weighted by Gasteiger charge is -2.22. The summed E-state index contributed by atoms with van der Waals surface area (Å²) in [6, 6.07) is 0. The Balaban J connectivity index is 4.29.